The minimum Gasteiger partial charge on any atom is -0.394 e. The normalized spacial score (nSPS) is 30.4. The van der Waals surface area contributed by atoms with Gasteiger partial charge in [-0.15, -0.1) is 0 Å². The standard InChI is InChI=1S/C36H40O11P2/c37-21-27-29(39)31(41)32(42)35(43-27)45-36-34(47-49(25-17-9-3-10-18-25)26-19-11-4-12-20-26)33(30(40)28(22-38)44-36)46-48(23-13-5-1-6-14-23)24-15-7-2-8-16-24/h1-20,27-42H,21-22H2/t27-,28-,29-,30-,31+,32-,33+,34-,35+,36+/m1/s1. The molecule has 4 aromatic rings. The highest BCUT2D eigenvalue weighted by Crippen LogP contribution is 2.46. The van der Waals surface area contributed by atoms with Crippen LogP contribution < -0.4 is 21.2 Å². The van der Waals surface area contributed by atoms with Gasteiger partial charge >= 0.3 is 0 Å². The van der Waals surface area contributed by atoms with Crippen LogP contribution in [0.1, 0.15) is 0 Å². The molecule has 2 aliphatic heterocycles. The van der Waals surface area contributed by atoms with Crippen LogP contribution in [0.5, 0.6) is 0 Å². The summed E-state index contributed by atoms with van der Waals surface area (Å²) in [5.74, 6) is 0. The number of aliphatic hydroxyl groups excluding tert-OH is 6. The summed E-state index contributed by atoms with van der Waals surface area (Å²) in [6.07, 6.45) is -14.3. The molecule has 11 nitrogen and oxygen atoms in total. The molecule has 6 rings (SSSR count). The van der Waals surface area contributed by atoms with E-state index in [0.717, 1.165) is 21.2 Å². The van der Waals surface area contributed by atoms with Gasteiger partial charge in [0.05, 0.1) is 29.5 Å². The van der Waals surface area contributed by atoms with Gasteiger partial charge in [0.15, 0.2) is 12.6 Å². The quantitative estimate of drug-likeness (QED) is 0.115. The van der Waals surface area contributed by atoms with E-state index in [4.69, 9.17) is 23.3 Å². The number of hydrogen-bond donors (Lipinski definition) is 6. The Bertz CT molecular complexity index is 1480. The molecule has 260 valence electrons. The summed E-state index contributed by atoms with van der Waals surface area (Å²) >= 11 is 0. The molecule has 13 heteroatoms. The molecule has 0 aromatic heterocycles. The third-order valence-corrected chi connectivity index (χ3v) is 12.3. The average Bonchev–Trinajstić information content (AvgIpc) is 3.15. The first kappa shape index (κ1) is 36.1. The third-order valence-electron chi connectivity index (χ3n) is 8.33. The van der Waals surface area contributed by atoms with E-state index >= 15 is 0 Å². The lowest BCUT2D eigenvalue weighted by Crippen LogP contribution is -2.64. The summed E-state index contributed by atoms with van der Waals surface area (Å²) in [7, 11) is -3.17. The van der Waals surface area contributed by atoms with Crippen molar-refractivity contribution in [1.29, 1.82) is 0 Å². The van der Waals surface area contributed by atoms with Crippen molar-refractivity contribution in [1.82, 2.24) is 0 Å². The van der Waals surface area contributed by atoms with Gasteiger partial charge in [0.2, 0.25) is 0 Å². The Morgan fingerprint density at radius 1 is 0.449 bits per heavy atom. The zero-order valence-electron chi connectivity index (χ0n) is 26.4. The molecule has 4 aromatic carbocycles. The van der Waals surface area contributed by atoms with Crippen molar-refractivity contribution in [3.63, 3.8) is 0 Å². The molecule has 2 fully saturated rings. The number of benzene rings is 4. The molecule has 2 aliphatic rings. The molecule has 6 N–H and O–H groups in total. The monoisotopic (exact) mass is 710 g/mol. The number of hydrogen-bond acceptors (Lipinski definition) is 11. The maximum absolute atomic E-state index is 11.8. The lowest BCUT2D eigenvalue weighted by Gasteiger charge is -2.47. The average molecular weight is 711 g/mol. The maximum atomic E-state index is 11.8. The van der Waals surface area contributed by atoms with Gasteiger partial charge in [0.1, 0.15) is 48.8 Å². The summed E-state index contributed by atoms with van der Waals surface area (Å²) in [5, 5.41) is 67.3. The van der Waals surface area contributed by atoms with Crippen LogP contribution in [0.25, 0.3) is 0 Å². The van der Waals surface area contributed by atoms with Crippen molar-refractivity contribution in [2.45, 2.75) is 61.4 Å². The van der Waals surface area contributed by atoms with Gasteiger partial charge in [-0.05, 0) is 0 Å². The van der Waals surface area contributed by atoms with Gasteiger partial charge in [-0.3, -0.25) is 0 Å². The Balaban J connectivity index is 1.43. The van der Waals surface area contributed by atoms with Gasteiger partial charge in [-0.1, -0.05) is 121 Å². The highest BCUT2D eigenvalue weighted by Gasteiger charge is 2.53. The number of rotatable bonds is 12. The first-order valence-electron chi connectivity index (χ1n) is 15.9. The Labute approximate surface area is 286 Å². The molecule has 10 atom stereocenters. The van der Waals surface area contributed by atoms with Crippen LogP contribution >= 0.6 is 16.3 Å². The fourth-order valence-electron chi connectivity index (χ4n) is 5.73. The molecule has 2 heterocycles. The SMILES string of the molecule is OC[C@H]1O[C@@H](O[C@@H]2O[C@H](CO)[C@@H](O)[C@H](OP(c3ccccc3)c3ccccc3)[C@H]2OP(c2ccccc2)c2ccccc2)[C@H](O)[C@@H](O)[C@@H]1O. The molecule has 0 bridgehead atoms. The van der Waals surface area contributed by atoms with Gasteiger partial charge < -0.3 is 53.9 Å². The van der Waals surface area contributed by atoms with E-state index in [1.165, 1.54) is 0 Å². The Hall–Kier alpha value is -2.70. The minimum absolute atomic E-state index is 0.608. The highest BCUT2D eigenvalue weighted by atomic mass is 31.1. The second-order valence-electron chi connectivity index (χ2n) is 11.6. The van der Waals surface area contributed by atoms with E-state index in [1.807, 2.05) is 121 Å². The van der Waals surface area contributed by atoms with E-state index in [0.29, 0.717) is 0 Å². The molecular weight excluding hydrogens is 670 g/mol. The topological polar surface area (TPSA) is 168 Å². The third kappa shape index (κ3) is 8.28. The minimum atomic E-state index is -1.74. The smallest absolute Gasteiger partial charge is 0.190 e. The predicted octanol–water partition coefficient (Wildman–Crippen LogP) is 0.747. The second-order valence-corrected chi connectivity index (χ2v) is 15.3. The summed E-state index contributed by atoms with van der Waals surface area (Å²) < 4.78 is 31.9. The van der Waals surface area contributed by atoms with Crippen LogP contribution in [0.3, 0.4) is 0 Å². The van der Waals surface area contributed by atoms with Crippen molar-refractivity contribution in [3.8, 4) is 0 Å². The predicted molar refractivity (Wildman–Crippen MR) is 184 cm³/mol. The van der Waals surface area contributed by atoms with E-state index in [9.17, 15) is 30.6 Å². The van der Waals surface area contributed by atoms with Gasteiger partial charge in [0.25, 0.3) is 0 Å². The lowest BCUT2D eigenvalue weighted by atomic mass is 9.98. The molecule has 0 unspecified atom stereocenters. The first-order chi connectivity index (χ1) is 23.9. The van der Waals surface area contributed by atoms with E-state index in [-0.39, 0.29) is 0 Å². The fourth-order valence-corrected chi connectivity index (χ4v) is 9.54. The molecule has 0 spiro atoms. The summed E-state index contributed by atoms with van der Waals surface area (Å²) in [6.45, 7) is -1.27. The van der Waals surface area contributed by atoms with Gasteiger partial charge in [-0.25, -0.2) is 0 Å². The number of ether oxygens (including phenoxy) is 3. The van der Waals surface area contributed by atoms with E-state index in [1.54, 1.807) is 0 Å². The Morgan fingerprint density at radius 3 is 1.22 bits per heavy atom. The Morgan fingerprint density at radius 2 is 0.816 bits per heavy atom. The van der Waals surface area contributed by atoms with Gasteiger partial charge in [-0.2, -0.15) is 0 Å². The van der Waals surface area contributed by atoms with Crippen LogP contribution in [0.4, 0.5) is 0 Å². The van der Waals surface area contributed by atoms with Crippen LogP contribution in [-0.4, -0.2) is 105 Å². The van der Waals surface area contributed by atoms with Crippen LogP contribution in [0, 0.1) is 0 Å². The first-order valence-corrected chi connectivity index (χ1v) is 18.5. The van der Waals surface area contributed by atoms with Crippen molar-refractivity contribution < 1.29 is 53.9 Å². The second kappa shape index (κ2) is 17.0. The fraction of sp³-hybridized carbons (Fsp3) is 0.333. The zero-order valence-corrected chi connectivity index (χ0v) is 28.1. The van der Waals surface area contributed by atoms with E-state index in [2.05, 4.69) is 0 Å². The summed E-state index contributed by atoms with van der Waals surface area (Å²) in [5.41, 5.74) is 0. The zero-order chi connectivity index (χ0) is 34.3. The molecule has 2 saturated heterocycles. The van der Waals surface area contributed by atoms with Crippen LogP contribution in [0.2, 0.25) is 0 Å². The molecule has 0 aliphatic carbocycles. The lowest BCUT2D eigenvalue weighted by molar-refractivity contribution is -0.371. The van der Waals surface area contributed by atoms with Crippen molar-refractivity contribution in [3.05, 3.63) is 121 Å². The molecule has 0 amide bonds. The summed E-state index contributed by atoms with van der Waals surface area (Å²) in [4.78, 5) is 0. The largest absolute Gasteiger partial charge is 0.394 e. The Kier molecular flexibility index (Phi) is 12.5. The van der Waals surface area contributed by atoms with Crippen molar-refractivity contribution in [2.24, 2.45) is 0 Å². The number of aliphatic hydroxyl groups is 6. The van der Waals surface area contributed by atoms with Crippen LogP contribution in [0.15, 0.2) is 121 Å². The molecule has 0 saturated carbocycles. The van der Waals surface area contributed by atoms with E-state index < -0.39 is 90.9 Å². The molecule has 49 heavy (non-hydrogen) atoms. The molecular formula is C36H40O11P2. The molecule has 0 radical (unpaired) electrons. The van der Waals surface area contributed by atoms with Crippen molar-refractivity contribution >= 4 is 37.5 Å². The van der Waals surface area contributed by atoms with Crippen LogP contribution in [-0.2, 0) is 23.3 Å². The highest BCUT2D eigenvalue weighted by molar-refractivity contribution is 7.69. The summed E-state index contributed by atoms with van der Waals surface area (Å²) in [6, 6.07) is 38.2. The van der Waals surface area contributed by atoms with Gasteiger partial charge in [0, 0.05) is 21.2 Å². The maximum Gasteiger partial charge on any atom is 0.190 e. The van der Waals surface area contributed by atoms with Crippen molar-refractivity contribution in [2.75, 3.05) is 13.2 Å².